The van der Waals surface area contributed by atoms with Gasteiger partial charge >= 0.3 is 0 Å². The number of aromatic hydroxyl groups is 1. The van der Waals surface area contributed by atoms with Gasteiger partial charge in [0, 0.05) is 17.5 Å². The molecule has 1 amide bonds. The Balaban J connectivity index is 2.40. The molecule has 0 aliphatic heterocycles. The second-order valence-electron chi connectivity index (χ2n) is 6.30. The number of amides is 1. The Bertz CT molecular complexity index is 967. The predicted octanol–water partition coefficient (Wildman–Crippen LogP) is 1.96. The zero-order chi connectivity index (χ0) is 18.7. The van der Waals surface area contributed by atoms with Crippen LogP contribution in [0.2, 0.25) is 0 Å². The number of nitrogen functional groups attached to an aromatic ring is 1. The fraction of sp³-hybridized carbons (Fsp3) is 0.294. The van der Waals surface area contributed by atoms with Crippen molar-refractivity contribution in [1.29, 1.82) is 0 Å². The van der Waals surface area contributed by atoms with Crippen LogP contribution in [0, 0.1) is 13.8 Å². The van der Waals surface area contributed by atoms with E-state index < -0.39 is 29.7 Å². The van der Waals surface area contributed by atoms with Crippen molar-refractivity contribution in [2.75, 3.05) is 5.73 Å². The molecule has 3 rings (SSSR count). The maximum Gasteiger partial charge on any atom is 0.260 e. The van der Waals surface area contributed by atoms with Crippen molar-refractivity contribution in [3.63, 3.8) is 0 Å². The van der Waals surface area contributed by atoms with E-state index in [9.17, 15) is 23.5 Å². The molecule has 0 bridgehead atoms. The monoisotopic (exact) mass is 349 g/mol. The lowest BCUT2D eigenvalue weighted by molar-refractivity contribution is 0.0998. The third-order valence-corrected chi connectivity index (χ3v) is 4.56. The van der Waals surface area contributed by atoms with Gasteiger partial charge in [-0.1, -0.05) is 6.07 Å². The Morgan fingerprint density at radius 1 is 1.36 bits per heavy atom. The number of nitrogens with zero attached hydrogens (tertiary/aromatic N) is 1. The summed E-state index contributed by atoms with van der Waals surface area (Å²) in [6.45, 7) is 3.24. The first-order valence-corrected chi connectivity index (χ1v) is 7.59. The number of hydrogen-bond donors (Lipinski definition) is 3. The van der Waals surface area contributed by atoms with Crippen molar-refractivity contribution in [3.05, 3.63) is 50.8 Å². The van der Waals surface area contributed by atoms with Crippen LogP contribution >= 0.6 is 0 Å². The second-order valence-corrected chi connectivity index (χ2v) is 6.30. The van der Waals surface area contributed by atoms with Crippen molar-refractivity contribution in [2.24, 2.45) is 5.73 Å². The number of pyridine rings is 1. The van der Waals surface area contributed by atoms with Crippen molar-refractivity contribution in [3.8, 4) is 11.4 Å². The van der Waals surface area contributed by atoms with Crippen LogP contribution in [-0.2, 0) is 0 Å². The predicted molar refractivity (Wildman–Crippen MR) is 88.4 cm³/mol. The molecule has 1 atom stereocenters. The second kappa shape index (κ2) is 5.30. The lowest BCUT2D eigenvalue weighted by atomic mass is 10.0. The zero-order valence-corrected chi connectivity index (χ0v) is 13.6. The van der Waals surface area contributed by atoms with Crippen LogP contribution < -0.4 is 17.0 Å². The van der Waals surface area contributed by atoms with E-state index in [4.69, 9.17) is 11.5 Å². The molecule has 132 valence electrons. The van der Waals surface area contributed by atoms with E-state index in [1.165, 1.54) is 6.07 Å². The van der Waals surface area contributed by atoms with Crippen LogP contribution in [0.3, 0.4) is 0 Å². The first-order chi connectivity index (χ1) is 11.6. The largest absolute Gasteiger partial charge is 0.508 e. The number of aryl methyl sites for hydroxylation is 1. The number of phenols is 1. The highest BCUT2D eigenvalue weighted by Crippen LogP contribution is 2.55. The molecular formula is C17H17F2N3O3. The number of phenolic OH excluding ortho intramolecular Hbond substituents is 1. The van der Waals surface area contributed by atoms with Gasteiger partial charge in [0.15, 0.2) is 0 Å². The molecule has 1 aromatic heterocycles. The van der Waals surface area contributed by atoms with Gasteiger partial charge in [0.05, 0.1) is 17.2 Å². The Morgan fingerprint density at radius 2 is 1.96 bits per heavy atom. The Labute approximate surface area is 141 Å². The molecular weight excluding hydrogens is 332 g/mol. The van der Waals surface area contributed by atoms with Crippen molar-refractivity contribution in [2.45, 2.75) is 32.1 Å². The maximum atomic E-state index is 13.5. The Kier molecular flexibility index (Phi) is 3.59. The van der Waals surface area contributed by atoms with E-state index in [2.05, 4.69) is 0 Å². The molecule has 5 N–H and O–H groups in total. The molecule has 0 saturated heterocycles. The molecule has 1 heterocycles. The molecule has 8 heteroatoms. The van der Waals surface area contributed by atoms with Gasteiger partial charge < -0.3 is 16.6 Å². The Morgan fingerprint density at radius 3 is 2.48 bits per heavy atom. The van der Waals surface area contributed by atoms with Gasteiger partial charge in [-0.3, -0.25) is 14.2 Å². The SMILES string of the molecule is Cc1ccc(O)c(C)c1-n1c(N)c(C(N)=O)cc(C2CC2(F)F)c1=O. The summed E-state index contributed by atoms with van der Waals surface area (Å²) in [5.74, 6) is -5.53. The van der Waals surface area contributed by atoms with Crippen LogP contribution in [0.1, 0.15) is 39.4 Å². The number of anilines is 1. The van der Waals surface area contributed by atoms with Crippen LogP contribution in [0.15, 0.2) is 23.0 Å². The highest BCUT2D eigenvalue weighted by molar-refractivity contribution is 5.97. The molecule has 0 spiro atoms. The van der Waals surface area contributed by atoms with Crippen LogP contribution in [0.25, 0.3) is 5.69 Å². The first-order valence-electron chi connectivity index (χ1n) is 7.59. The van der Waals surface area contributed by atoms with Crippen LogP contribution in [0.5, 0.6) is 5.75 Å². The summed E-state index contributed by atoms with van der Waals surface area (Å²) in [7, 11) is 0. The molecule has 6 nitrogen and oxygen atoms in total. The number of hydrogen-bond acceptors (Lipinski definition) is 4. The van der Waals surface area contributed by atoms with Gasteiger partial charge in [-0.25, -0.2) is 8.78 Å². The van der Waals surface area contributed by atoms with E-state index in [-0.39, 0.29) is 28.4 Å². The fourth-order valence-corrected chi connectivity index (χ4v) is 3.04. The number of aromatic nitrogens is 1. The van der Waals surface area contributed by atoms with Crippen LogP contribution in [-0.4, -0.2) is 21.5 Å². The van der Waals surface area contributed by atoms with E-state index >= 15 is 0 Å². The van der Waals surface area contributed by atoms with Gasteiger partial charge in [0.1, 0.15) is 11.6 Å². The number of alkyl halides is 2. The highest BCUT2D eigenvalue weighted by Gasteiger charge is 2.59. The van der Waals surface area contributed by atoms with Gasteiger partial charge in [-0.2, -0.15) is 0 Å². The Hall–Kier alpha value is -2.90. The summed E-state index contributed by atoms with van der Waals surface area (Å²) in [6.07, 6.45) is -0.470. The minimum atomic E-state index is -3.00. The van der Waals surface area contributed by atoms with E-state index in [1.807, 2.05) is 0 Å². The molecule has 1 aliphatic carbocycles. The number of halogens is 2. The standard InChI is InChI=1S/C17H17F2N3O3/c1-7-3-4-12(23)8(2)13(7)22-14(20)10(15(21)24)5-9(16(22)25)11-6-17(11,18)19/h3-5,11,23H,6,20H2,1-2H3,(H2,21,24). The average molecular weight is 349 g/mol. The smallest absolute Gasteiger partial charge is 0.260 e. The third-order valence-electron chi connectivity index (χ3n) is 4.56. The van der Waals surface area contributed by atoms with Gasteiger partial charge in [0.25, 0.3) is 17.4 Å². The van der Waals surface area contributed by atoms with E-state index in [0.29, 0.717) is 11.1 Å². The molecule has 1 fully saturated rings. The van der Waals surface area contributed by atoms with Gasteiger partial charge in [0.2, 0.25) is 0 Å². The zero-order valence-electron chi connectivity index (χ0n) is 13.6. The normalized spacial score (nSPS) is 18.2. The van der Waals surface area contributed by atoms with Crippen molar-refractivity contribution < 1.29 is 18.7 Å². The molecule has 2 aromatic rings. The minimum absolute atomic E-state index is 0.0883. The highest BCUT2D eigenvalue weighted by atomic mass is 19.3. The fourth-order valence-electron chi connectivity index (χ4n) is 3.04. The number of rotatable bonds is 3. The van der Waals surface area contributed by atoms with E-state index in [0.717, 1.165) is 10.6 Å². The summed E-state index contributed by atoms with van der Waals surface area (Å²) >= 11 is 0. The number of primary amides is 1. The van der Waals surface area contributed by atoms with Crippen molar-refractivity contribution in [1.82, 2.24) is 4.57 Å². The van der Waals surface area contributed by atoms with Gasteiger partial charge in [-0.15, -0.1) is 0 Å². The van der Waals surface area contributed by atoms with Gasteiger partial charge in [-0.05, 0) is 31.5 Å². The molecule has 0 radical (unpaired) electrons. The number of benzene rings is 1. The topological polar surface area (TPSA) is 111 Å². The maximum absolute atomic E-state index is 13.5. The lowest BCUT2D eigenvalue weighted by Gasteiger charge is -2.19. The quantitative estimate of drug-likeness (QED) is 0.786. The lowest BCUT2D eigenvalue weighted by Crippen LogP contribution is -2.30. The summed E-state index contributed by atoms with van der Waals surface area (Å²) in [4.78, 5) is 24.6. The molecule has 1 aromatic carbocycles. The summed E-state index contributed by atoms with van der Waals surface area (Å²) in [5, 5.41) is 9.95. The molecule has 1 unspecified atom stereocenters. The molecule has 1 aliphatic rings. The van der Waals surface area contributed by atoms with Crippen molar-refractivity contribution >= 4 is 11.7 Å². The molecule has 25 heavy (non-hydrogen) atoms. The molecule has 1 saturated carbocycles. The number of nitrogens with two attached hydrogens (primary N) is 2. The minimum Gasteiger partial charge on any atom is -0.508 e. The van der Waals surface area contributed by atoms with E-state index in [1.54, 1.807) is 19.9 Å². The number of carbonyl (C=O) groups excluding carboxylic acids is 1. The summed E-state index contributed by atoms with van der Waals surface area (Å²) in [6, 6.07) is 4.06. The number of carbonyl (C=O) groups is 1. The summed E-state index contributed by atoms with van der Waals surface area (Å²) < 4.78 is 28.0. The summed E-state index contributed by atoms with van der Waals surface area (Å²) in [5.41, 5.74) is 11.3. The third kappa shape index (κ3) is 2.54. The van der Waals surface area contributed by atoms with Crippen LogP contribution in [0.4, 0.5) is 14.6 Å². The first kappa shape index (κ1) is 16.9. The average Bonchev–Trinajstić information content (AvgIpc) is 3.14.